The van der Waals surface area contributed by atoms with Crippen molar-refractivity contribution in [2.24, 2.45) is 11.8 Å². The summed E-state index contributed by atoms with van der Waals surface area (Å²) in [5.74, 6) is 1.58. The lowest BCUT2D eigenvalue weighted by atomic mass is 9.88. The zero-order valence-electron chi connectivity index (χ0n) is 10.7. The van der Waals surface area contributed by atoms with E-state index in [1.165, 1.54) is 12.8 Å². The second kappa shape index (κ2) is 7.66. The predicted octanol–water partition coefficient (Wildman–Crippen LogP) is 1.93. The number of piperidine rings is 1. The van der Waals surface area contributed by atoms with Gasteiger partial charge < -0.3 is 10.6 Å². The number of hydrogen-bond acceptors (Lipinski definition) is 2. The van der Waals surface area contributed by atoms with Crippen LogP contribution in [0.3, 0.4) is 0 Å². The molecular weight excluding hydrogens is 200 g/mol. The third-order valence-corrected chi connectivity index (χ3v) is 3.56. The molecule has 94 valence electrons. The van der Waals surface area contributed by atoms with Crippen molar-refractivity contribution in [2.45, 2.75) is 46.0 Å². The molecule has 0 aliphatic carbocycles. The van der Waals surface area contributed by atoms with Crippen LogP contribution >= 0.6 is 0 Å². The van der Waals surface area contributed by atoms with Crippen LogP contribution in [0.4, 0.5) is 0 Å². The van der Waals surface area contributed by atoms with Gasteiger partial charge in [-0.15, -0.1) is 0 Å². The van der Waals surface area contributed by atoms with E-state index < -0.39 is 0 Å². The first kappa shape index (κ1) is 13.5. The molecule has 2 N–H and O–H groups in total. The smallest absolute Gasteiger partial charge is 0.220 e. The molecule has 0 spiro atoms. The summed E-state index contributed by atoms with van der Waals surface area (Å²) in [6, 6.07) is 0. The van der Waals surface area contributed by atoms with Crippen LogP contribution < -0.4 is 10.6 Å². The number of carbonyl (C=O) groups is 1. The van der Waals surface area contributed by atoms with Gasteiger partial charge in [-0.2, -0.15) is 0 Å². The highest BCUT2D eigenvalue weighted by Crippen LogP contribution is 2.17. The summed E-state index contributed by atoms with van der Waals surface area (Å²) in [5.41, 5.74) is 0. The molecule has 1 rings (SSSR count). The summed E-state index contributed by atoms with van der Waals surface area (Å²) in [5, 5.41) is 6.45. The lowest BCUT2D eigenvalue weighted by molar-refractivity contribution is -0.121. The topological polar surface area (TPSA) is 41.1 Å². The van der Waals surface area contributed by atoms with Crippen molar-refractivity contribution in [2.75, 3.05) is 19.6 Å². The maximum atomic E-state index is 11.5. The fourth-order valence-electron chi connectivity index (χ4n) is 2.20. The molecule has 1 amide bonds. The average Bonchev–Trinajstić information content (AvgIpc) is 2.28. The summed E-state index contributed by atoms with van der Waals surface area (Å²) in [7, 11) is 0. The van der Waals surface area contributed by atoms with Crippen molar-refractivity contribution >= 4 is 5.91 Å². The van der Waals surface area contributed by atoms with Gasteiger partial charge in [-0.05, 0) is 37.8 Å². The number of amides is 1. The van der Waals surface area contributed by atoms with Crippen LogP contribution in [0, 0.1) is 11.8 Å². The summed E-state index contributed by atoms with van der Waals surface area (Å²) >= 11 is 0. The van der Waals surface area contributed by atoms with E-state index in [2.05, 4.69) is 24.5 Å². The van der Waals surface area contributed by atoms with Gasteiger partial charge in [0.05, 0.1) is 0 Å². The van der Waals surface area contributed by atoms with Gasteiger partial charge in [-0.1, -0.05) is 26.7 Å². The molecule has 1 aliphatic heterocycles. The molecule has 2 unspecified atom stereocenters. The Labute approximate surface area is 99.4 Å². The molecule has 2 atom stereocenters. The van der Waals surface area contributed by atoms with Crippen LogP contribution in [0.1, 0.15) is 46.0 Å². The standard InChI is InChI=1S/C13H26N2O/c1-3-4-5-6-13(16)15-10-12-9-14-8-7-11(12)2/h11-12,14H,3-10H2,1-2H3,(H,15,16). The van der Waals surface area contributed by atoms with E-state index in [0.717, 1.165) is 38.4 Å². The van der Waals surface area contributed by atoms with E-state index in [-0.39, 0.29) is 5.91 Å². The maximum Gasteiger partial charge on any atom is 0.220 e. The lowest BCUT2D eigenvalue weighted by Gasteiger charge is -2.29. The highest BCUT2D eigenvalue weighted by molar-refractivity contribution is 5.75. The molecule has 0 bridgehead atoms. The molecule has 3 nitrogen and oxygen atoms in total. The second-order valence-electron chi connectivity index (χ2n) is 4.99. The minimum absolute atomic E-state index is 0.228. The Hall–Kier alpha value is -0.570. The Balaban J connectivity index is 2.10. The van der Waals surface area contributed by atoms with Gasteiger partial charge >= 0.3 is 0 Å². The predicted molar refractivity (Wildman–Crippen MR) is 67.3 cm³/mol. The van der Waals surface area contributed by atoms with E-state index in [4.69, 9.17) is 0 Å². The normalized spacial score (nSPS) is 25.4. The van der Waals surface area contributed by atoms with Crippen LogP contribution in [0.5, 0.6) is 0 Å². The van der Waals surface area contributed by atoms with Gasteiger partial charge in [0.1, 0.15) is 0 Å². The zero-order valence-corrected chi connectivity index (χ0v) is 10.7. The second-order valence-corrected chi connectivity index (χ2v) is 4.99. The first-order chi connectivity index (χ1) is 7.74. The van der Waals surface area contributed by atoms with Gasteiger partial charge in [-0.3, -0.25) is 4.79 Å². The molecule has 3 heteroatoms. The Morgan fingerprint density at radius 1 is 1.44 bits per heavy atom. The van der Waals surface area contributed by atoms with E-state index in [0.29, 0.717) is 12.3 Å². The zero-order chi connectivity index (χ0) is 11.8. The molecule has 1 fully saturated rings. The van der Waals surface area contributed by atoms with E-state index >= 15 is 0 Å². The Morgan fingerprint density at radius 2 is 2.25 bits per heavy atom. The van der Waals surface area contributed by atoms with Crippen molar-refractivity contribution < 1.29 is 4.79 Å². The number of carbonyl (C=O) groups excluding carboxylic acids is 1. The average molecular weight is 226 g/mol. The molecule has 0 saturated carbocycles. The molecule has 1 heterocycles. The Kier molecular flexibility index (Phi) is 6.46. The Morgan fingerprint density at radius 3 is 2.94 bits per heavy atom. The third-order valence-electron chi connectivity index (χ3n) is 3.56. The molecule has 0 aromatic carbocycles. The van der Waals surface area contributed by atoms with Crippen LogP contribution in [-0.2, 0) is 4.79 Å². The number of unbranched alkanes of at least 4 members (excludes halogenated alkanes) is 2. The van der Waals surface area contributed by atoms with Crippen molar-refractivity contribution in [3.8, 4) is 0 Å². The van der Waals surface area contributed by atoms with Crippen molar-refractivity contribution in [1.29, 1.82) is 0 Å². The van der Waals surface area contributed by atoms with Crippen molar-refractivity contribution in [1.82, 2.24) is 10.6 Å². The van der Waals surface area contributed by atoms with Crippen LogP contribution in [0.2, 0.25) is 0 Å². The van der Waals surface area contributed by atoms with Crippen LogP contribution in [0.15, 0.2) is 0 Å². The van der Waals surface area contributed by atoms with E-state index in [1.807, 2.05) is 0 Å². The molecular formula is C13H26N2O. The van der Waals surface area contributed by atoms with Gasteiger partial charge in [0, 0.05) is 13.0 Å². The molecule has 1 saturated heterocycles. The van der Waals surface area contributed by atoms with Gasteiger partial charge in [0.15, 0.2) is 0 Å². The van der Waals surface area contributed by atoms with Crippen LogP contribution in [-0.4, -0.2) is 25.5 Å². The van der Waals surface area contributed by atoms with Gasteiger partial charge in [0.2, 0.25) is 5.91 Å². The summed E-state index contributed by atoms with van der Waals surface area (Å²) in [6.45, 7) is 7.47. The first-order valence-electron chi connectivity index (χ1n) is 6.71. The summed E-state index contributed by atoms with van der Waals surface area (Å²) < 4.78 is 0. The minimum atomic E-state index is 0.228. The Bertz CT molecular complexity index is 206. The first-order valence-corrected chi connectivity index (χ1v) is 6.71. The fraction of sp³-hybridized carbons (Fsp3) is 0.923. The van der Waals surface area contributed by atoms with Gasteiger partial charge in [0.25, 0.3) is 0 Å². The molecule has 0 aromatic rings. The number of nitrogens with one attached hydrogen (secondary N) is 2. The van der Waals surface area contributed by atoms with E-state index in [1.54, 1.807) is 0 Å². The van der Waals surface area contributed by atoms with Gasteiger partial charge in [-0.25, -0.2) is 0 Å². The number of hydrogen-bond donors (Lipinski definition) is 2. The highest BCUT2D eigenvalue weighted by atomic mass is 16.1. The van der Waals surface area contributed by atoms with Crippen molar-refractivity contribution in [3.05, 3.63) is 0 Å². The van der Waals surface area contributed by atoms with Crippen LogP contribution in [0.25, 0.3) is 0 Å². The molecule has 16 heavy (non-hydrogen) atoms. The minimum Gasteiger partial charge on any atom is -0.356 e. The summed E-state index contributed by atoms with van der Waals surface area (Å²) in [6.07, 6.45) is 5.30. The summed E-state index contributed by atoms with van der Waals surface area (Å²) in [4.78, 5) is 11.5. The molecule has 1 aliphatic rings. The molecule has 0 radical (unpaired) electrons. The third kappa shape index (κ3) is 4.97. The number of rotatable bonds is 6. The quantitative estimate of drug-likeness (QED) is 0.679. The molecule has 0 aromatic heterocycles. The lowest BCUT2D eigenvalue weighted by Crippen LogP contribution is -2.42. The monoisotopic (exact) mass is 226 g/mol. The SMILES string of the molecule is CCCCCC(=O)NCC1CNCCC1C. The maximum absolute atomic E-state index is 11.5. The fourth-order valence-corrected chi connectivity index (χ4v) is 2.20. The van der Waals surface area contributed by atoms with E-state index in [9.17, 15) is 4.79 Å². The highest BCUT2D eigenvalue weighted by Gasteiger charge is 2.20. The largest absolute Gasteiger partial charge is 0.356 e. The van der Waals surface area contributed by atoms with Crippen molar-refractivity contribution in [3.63, 3.8) is 0 Å².